The van der Waals surface area contributed by atoms with Crippen LogP contribution in [0.2, 0.25) is 0 Å². The van der Waals surface area contributed by atoms with Crippen LogP contribution in [0.15, 0.2) is 0 Å². The third-order valence-corrected chi connectivity index (χ3v) is 4.13. The molecule has 0 unspecified atom stereocenters. The van der Waals surface area contributed by atoms with Crippen LogP contribution >= 0.6 is 0 Å². The number of nitrogens with zero attached hydrogens (tertiary/aromatic N) is 2. The molecule has 0 aromatic carbocycles. The fourth-order valence-electron chi connectivity index (χ4n) is 3.10. The molecule has 0 radical (unpaired) electrons. The van der Waals surface area contributed by atoms with Crippen molar-refractivity contribution in [1.29, 1.82) is 0 Å². The maximum atomic E-state index is 9.92. The van der Waals surface area contributed by atoms with E-state index >= 15 is 0 Å². The number of aliphatic hydroxyl groups excluding tert-OH is 1. The summed E-state index contributed by atoms with van der Waals surface area (Å²) < 4.78 is 10.4. The second kappa shape index (κ2) is 8.17. The van der Waals surface area contributed by atoms with E-state index in [1.807, 2.05) is 0 Å². The molecule has 2 aliphatic rings. The highest BCUT2D eigenvalue weighted by Crippen LogP contribution is 2.18. The Balaban J connectivity index is 1.80. The third kappa shape index (κ3) is 5.00. The van der Waals surface area contributed by atoms with Crippen molar-refractivity contribution in [1.82, 2.24) is 9.80 Å². The standard InChI is InChI=1S/C14H28N2O3/c1-18-12-14(17)11-16-5-3-2-4-13(16)10-15-6-8-19-9-7-15/h13-14,17H,2-12H2,1H3/t13-,14+/m1/s1. The predicted molar refractivity (Wildman–Crippen MR) is 74.4 cm³/mol. The zero-order valence-corrected chi connectivity index (χ0v) is 12.1. The van der Waals surface area contributed by atoms with Crippen LogP contribution in [0, 0.1) is 0 Å². The maximum Gasteiger partial charge on any atom is 0.0900 e. The highest BCUT2D eigenvalue weighted by molar-refractivity contribution is 4.82. The molecule has 0 aliphatic carbocycles. The van der Waals surface area contributed by atoms with E-state index in [-0.39, 0.29) is 6.10 Å². The summed E-state index contributed by atoms with van der Waals surface area (Å²) >= 11 is 0. The van der Waals surface area contributed by atoms with Crippen molar-refractivity contribution in [2.45, 2.75) is 31.4 Å². The van der Waals surface area contributed by atoms with Crippen molar-refractivity contribution in [3.05, 3.63) is 0 Å². The first-order valence-corrected chi connectivity index (χ1v) is 7.50. The summed E-state index contributed by atoms with van der Waals surface area (Å²) in [6, 6.07) is 0.582. The van der Waals surface area contributed by atoms with E-state index in [1.165, 1.54) is 19.3 Å². The molecule has 112 valence electrons. The molecule has 0 aromatic heterocycles. The molecule has 0 bridgehead atoms. The topological polar surface area (TPSA) is 45.2 Å². The molecule has 0 spiro atoms. The van der Waals surface area contributed by atoms with Crippen LogP contribution in [0.4, 0.5) is 0 Å². The van der Waals surface area contributed by atoms with Gasteiger partial charge in [-0.3, -0.25) is 9.80 Å². The summed E-state index contributed by atoms with van der Waals surface area (Å²) in [6.07, 6.45) is 3.44. The Labute approximate surface area is 116 Å². The fourth-order valence-corrected chi connectivity index (χ4v) is 3.10. The molecule has 2 heterocycles. The van der Waals surface area contributed by atoms with Gasteiger partial charge in [-0.25, -0.2) is 0 Å². The molecule has 2 fully saturated rings. The van der Waals surface area contributed by atoms with Gasteiger partial charge < -0.3 is 14.6 Å². The van der Waals surface area contributed by atoms with Gasteiger partial charge in [0.2, 0.25) is 0 Å². The van der Waals surface area contributed by atoms with Crippen LogP contribution in [0.5, 0.6) is 0 Å². The van der Waals surface area contributed by atoms with Crippen LogP contribution in [0.3, 0.4) is 0 Å². The number of piperidine rings is 1. The zero-order chi connectivity index (χ0) is 13.5. The van der Waals surface area contributed by atoms with E-state index in [0.717, 1.165) is 45.9 Å². The lowest BCUT2D eigenvalue weighted by Crippen LogP contribution is -2.51. The lowest BCUT2D eigenvalue weighted by Gasteiger charge is -2.40. The van der Waals surface area contributed by atoms with E-state index in [0.29, 0.717) is 12.6 Å². The minimum absolute atomic E-state index is 0.365. The average molecular weight is 272 g/mol. The Morgan fingerprint density at radius 1 is 1.26 bits per heavy atom. The van der Waals surface area contributed by atoms with Crippen molar-refractivity contribution in [2.24, 2.45) is 0 Å². The van der Waals surface area contributed by atoms with Crippen LogP contribution < -0.4 is 0 Å². The summed E-state index contributed by atoms with van der Waals surface area (Å²) in [6.45, 7) is 7.20. The van der Waals surface area contributed by atoms with Gasteiger partial charge in [0, 0.05) is 39.3 Å². The molecule has 2 rings (SSSR count). The van der Waals surface area contributed by atoms with Crippen LogP contribution in [0.1, 0.15) is 19.3 Å². The van der Waals surface area contributed by atoms with Crippen molar-refractivity contribution >= 4 is 0 Å². The third-order valence-electron chi connectivity index (χ3n) is 4.13. The summed E-state index contributed by atoms with van der Waals surface area (Å²) in [7, 11) is 1.64. The Hall–Kier alpha value is -0.200. The second-order valence-electron chi connectivity index (χ2n) is 5.67. The van der Waals surface area contributed by atoms with Crippen molar-refractivity contribution in [2.75, 3.05) is 59.7 Å². The highest BCUT2D eigenvalue weighted by Gasteiger charge is 2.26. The molecule has 0 amide bonds. The van der Waals surface area contributed by atoms with Crippen LogP contribution in [0.25, 0.3) is 0 Å². The van der Waals surface area contributed by atoms with Crippen molar-refractivity contribution < 1.29 is 14.6 Å². The first kappa shape index (κ1) is 15.2. The smallest absolute Gasteiger partial charge is 0.0900 e. The largest absolute Gasteiger partial charge is 0.389 e. The number of hydrogen-bond acceptors (Lipinski definition) is 5. The molecule has 19 heavy (non-hydrogen) atoms. The number of likely N-dealkylation sites (tertiary alicyclic amines) is 1. The minimum Gasteiger partial charge on any atom is -0.389 e. The van der Waals surface area contributed by atoms with Gasteiger partial charge in [0.1, 0.15) is 0 Å². The quantitative estimate of drug-likeness (QED) is 0.747. The average Bonchev–Trinajstić information content (AvgIpc) is 2.42. The van der Waals surface area contributed by atoms with E-state index in [9.17, 15) is 5.11 Å². The van der Waals surface area contributed by atoms with Crippen molar-refractivity contribution in [3.63, 3.8) is 0 Å². The summed E-state index contributed by atoms with van der Waals surface area (Å²) in [5.41, 5.74) is 0. The number of morpholine rings is 1. The van der Waals surface area contributed by atoms with Crippen LogP contribution in [-0.4, -0.2) is 86.7 Å². The first-order valence-electron chi connectivity index (χ1n) is 7.50. The Morgan fingerprint density at radius 2 is 2.05 bits per heavy atom. The van der Waals surface area contributed by atoms with E-state index in [4.69, 9.17) is 9.47 Å². The second-order valence-corrected chi connectivity index (χ2v) is 5.67. The van der Waals surface area contributed by atoms with Gasteiger partial charge in [-0.15, -0.1) is 0 Å². The number of aliphatic hydroxyl groups is 1. The molecule has 2 atom stereocenters. The first-order chi connectivity index (χ1) is 9.29. The number of ether oxygens (including phenoxy) is 2. The lowest BCUT2D eigenvalue weighted by molar-refractivity contribution is -0.00616. The molecular formula is C14H28N2O3. The number of hydrogen-bond donors (Lipinski definition) is 1. The van der Waals surface area contributed by atoms with E-state index in [1.54, 1.807) is 7.11 Å². The van der Waals surface area contributed by atoms with Gasteiger partial charge in [-0.2, -0.15) is 0 Å². The van der Waals surface area contributed by atoms with Gasteiger partial charge >= 0.3 is 0 Å². The number of rotatable bonds is 6. The summed E-state index contributed by atoms with van der Waals surface area (Å²) in [4.78, 5) is 4.94. The molecular weight excluding hydrogens is 244 g/mol. The Bertz CT molecular complexity index is 247. The minimum atomic E-state index is -0.365. The zero-order valence-electron chi connectivity index (χ0n) is 12.1. The van der Waals surface area contributed by atoms with Gasteiger partial charge in [-0.05, 0) is 19.4 Å². The monoisotopic (exact) mass is 272 g/mol. The fraction of sp³-hybridized carbons (Fsp3) is 1.00. The maximum absolute atomic E-state index is 9.92. The molecule has 5 nitrogen and oxygen atoms in total. The SMILES string of the molecule is COC[C@@H](O)CN1CCCC[C@@H]1CN1CCOCC1. The van der Waals surface area contributed by atoms with Crippen LogP contribution in [-0.2, 0) is 9.47 Å². The number of β-amino-alcohol motifs (C(OH)–C–C–N with tert-alkyl or cyclic N) is 1. The van der Waals surface area contributed by atoms with E-state index in [2.05, 4.69) is 9.80 Å². The van der Waals surface area contributed by atoms with E-state index < -0.39 is 0 Å². The predicted octanol–water partition coefficient (Wildman–Crippen LogP) is 0.180. The molecule has 2 aliphatic heterocycles. The Kier molecular flexibility index (Phi) is 6.53. The van der Waals surface area contributed by atoms with Gasteiger partial charge in [-0.1, -0.05) is 6.42 Å². The Morgan fingerprint density at radius 3 is 2.79 bits per heavy atom. The van der Waals surface area contributed by atoms with Gasteiger partial charge in [0.15, 0.2) is 0 Å². The molecule has 0 aromatic rings. The molecule has 1 N–H and O–H groups in total. The lowest BCUT2D eigenvalue weighted by atomic mass is 10.0. The van der Waals surface area contributed by atoms with Crippen molar-refractivity contribution in [3.8, 4) is 0 Å². The van der Waals surface area contributed by atoms with Gasteiger partial charge in [0.05, 0.1) is 25.9 Å². The molecule has 5 heteroatoms. The summed E-state index contributed by atoms with van der Waals surface area (Å²) in [5.74, 6) is 0. The normalized spacial score (nSPS) is 28.4. The molecule has 0 saturated carbocycles. The molecule has 2 saturated heterocycles. The summed E-state index contributed by atoms with van der Waals surface area (Å²) in [5, 5.41) is 9.92. The highest BCUT2D eigenvalue weighted by atomic mass is 16.5. The van der Waals surface area contributed by atoms with Gasteiger partial charge in [0.25, 0.3) is 0 Å². The number of methoxy groups -OCH3 is 1.